The Morgan fingerprint density at radius 3 is 2.59 bits per heavy atom. The van der Waals surface area contributed by atoms with Crippen molar-refractivity contribution < 1.29 is 19.1 Å². The SMILES string of the molecule is Cc1cc(C(C)NC(=O)NCC(=O)O)c(C)o1. The number of carboxylic acids is 1. The molecule has 1 aromatic rings. The van der Waals surface area contributed by atoms with E-state index in [1.165, 1.54) is 0 Å². The molecule has 1 atom stereocenters. The standard InChI is InChI=1S/C11H16N2O4/c1-6-4-9(8(3)17-6)7(2)13-11(16)12-5-10(14)15/h4,7H,5H2,1-3H3,(H,14,15)(H2,12,13,16). The number of nitrogens with one attached hydrogen (secondary N) is 2. The Hall–Kier alpha value is -1.98. The third-order valence-electron chi connectivity index (χ3n) is 2.29. The molecule has 1 rings (SSSR count). The summed E-state index contributed by atoms with van der Waals surface area (Å²) in [5.41, 5.74) is 0.882. The number of aryl methyl sites for hydroxylation is 2. The maximum absolute atomic E-state index is 11.3. The number of hydrogen-bond acceptors (Lipinski definition) is 3. The van der Waals surface area contributed by atoms with Gasteiger partial charge in [0.05, 0.1) is 6.04 Å². The summed E-state index contributed by atoms with van der Waals surface area (Å²) in [6, 6.07) is 1.09. The zero-order chi connectivity index (χ0) is 13.0. The van der Waals surface area contributed by atoms with Gasteiger partial charge in [-0.05, 0) is 26.8 Å². The van der Waals surface area contributed by atoms with Gasteiger partial charge in [-0.25, -0.2) is 4.79 Å². The lowest BCUT2D eigenvalue weighted by molar-refractivity contribution is -0.135. The number of furan rings is 1. The molecular formula is C11H16N2O4. The molecule has 1 heterocycles. The van der Waals surface area contributed by atoms with Crippen molar-refractivity contribution in [3.05, 3.63) is 23.2 Å². The van der Waals surface area contributed by atoms with E-state index in [1.54, 1.807) is 6.92 Å². The highest BCUT2D eigenvalue weighted by molar-refractivity contribution is 5.80. The molecule has 0 aliphatic carbocycles. The minimum Gasteiger partial charge on any atom is -0.480 e. The Bertz CT molecular complexity index is 425. The highest BCUT2D eigenvalue weighted by atomic mass is 16.4. The van der Waals surface area contributed by atoms with Crippen LogP contribution < -0.4 is 10.6 Å². The number of hydrogen-bond donors (Lipinski definition) is 3. The number of carbonyl (C=O) groups excluding carboxylic acids is 1. The van der Waals surface area contributed by atoms with Crippen molar-refractivity contribution in [2.75, 3.05) is 6.54 Å². The van der Waals surface area contributed by atoms with E-state index in [9.17, 15) is 9.59 Å². The third-order valence-corrected chi connectivity index (χ3v) is 2.29. The van der Waals surface area contributed by atoms with Crippen molar-refractivity contribution in [3.8, 4) is 0 Å². The molecule has 17 heavy (non-hydrogen) atoms. The van der Waals surface area contributed by atoms with Gasteiger partial charge in [0.25, 0.3) is 0 Å². The predicted octanol–water partition coefficient (Wildman–Crippen LogP) is 1.34. The molecule has 6 heteroatoms. The van der Waals surface area contributed by atoms with Gasteiger partial charge < -0.3 is 20.2 Å². The van der Waals surface area contributed by atoms with Crippen LogP contribution in [0.2, 0.25) is 0 Å². The Labute approximate surface area is 99.0 Å². The number of aliphatic carboxylic acids is 1. The van der Waals surface area contributed by atoms with Gasteiger partial charge in [-0.1, -0.05) is 0 Å². The molecule has 0 fully saturated rings. The van der Waals surface area contributed by atoms with E-state index in [-0.39, 0.29) is 6.04 Å². The van der Waals surface area contributed by atoms with Gasteiger partial charge in [-0.2, -0.15) is 0 Å². The maximum atomic E-state index is 11.3. The molecule has 94 valence electrons. The fourth-order valence-corrected chi connectivity index (χ4v) is 1.56. The van der Waals surface area contributed by atoms with Crippen LogP contribution in [-0.4, -0.2) is 23.7 Å². The molecule has 0 saturated heterocycles. The molecule has 1 unspecified atom stereocenters. The average molecular weight is 240 g/mol. The molecule has 1 aromatic heterocycles. The summed E-state index contributed by atoms with van der Waals surface area (Å²) in [4.78, 5) is 21.6. The van der Waals surface area contributed by atoms with Crippen LogP contribution in [0, 0.1) is 13.8 Å². The smallest absolute Gasteiger partial charge is 0.323 e. The molecule has 2 amide bonds. The molecule has 0 bridgehead atoms. The largest absolute Gasteiger partial charge is 0.480 e. The zero-order valence-electron chi connectivity index (χ0n) is 10.0. The summed E-state index contributed by atoms with van der Waals surface area (Å²) < 4.78 is 5.35. The van der Waals surface area contributed by atoms with Gasteiger partial charge in [0.2, 0.25) is 0 Å². The summed E-state index contributed by atoms with van der Waals surface area (Å²) in [5, 5.41) is 13.3. The van der Waals surface area contributed by atoms with Gasteiger partial charge in [0, 0.05) is 5.56 Å². The van der Waals surface area contributed by atoms with Gasteiger partial charge in [0.1, 0.15) is 18.1 Å². The highest BCUT2D eigenvalue weighted by Gasteiger charge is 2.15. The summed E-state index contributed by atoms with van der Waals surface area (Å²) >= 11 is 0. The molecule has 6 nitrogen and oxygen atoms in total. The van der Waals surface area contributed by atoms with Crippen LogP contribution >= 0.6 is 0 Å². The quantitative estimate of drug-likeness (QED) is 0.740. The van der Waals surface area contributed by atoms with Gasteiger partial charge in [-0.3, -0.25) is 4.79 Å². The first-order valence-corrected chi connectivity index (χ1v) is 5.23. The van der Waals surface area contributed by atoms with Crippen molar-refractivity contribution in [2.45, 2.75) is 26.8 Å². The Balaban J connectivity index is 2.54. The third kappa shape index (κ3) is 3.82. The number of rotatable bonds is 4. The molecule has 0 saturated carbocycles. The van der Waals surface area contributed by atoms with E-state index < -0.39 is 18.5 Å². The second kappa shape index (κ2) is 5.38. The topological polar surface area (TPSA) is 91.6 Å². The van der Waals surface area contributed by atoms with Crippen molar-refractivity contribution in [1.82, 2.24) is 10.6 Å². The van der Waals surface area contributed by atoms with Gasteiger partial charge in [-0.15, -0.1) is 0 Å². The summed E-state index contributed by atoms with van der Waals surface area (Å²) in [5.74, 6) is 0.439. The molecule has 0 aromatic carbocycles. The molecule has 0 spiro atoms. The van der Waals surface area contributed by atoms with Crippen LogP contribution in [0.15, 0.2) is 10.5 Å². The molecular weight excluding hydrogens is 224 g/mol. The molecule has 0 radical (unpaired) electrons. The minimum atomic E-state index is -1.08. The van der Waals surface area contributed by atoms with E-state index in [4.69, 9.17) is 9.52 Å². The van der Waals surface area contributed by atoms with Crippen LogP contribution in [0.1, 0.15) is 30.0 Å². The summed E-state index contributed by atoms with van der Waals surface area (Å²) in [7, 11) is 0. The Morgan fingerprint density at radius 2 is 2.12 bits per heavy atom. The van der Waals surface area contributed by atoms with Crippen molar-refractivity contribution in [1.29, 1.82) is 0 Å². The van der Waals surface area contributed by atoms with Crippen molar-refractivity contribution >= 4 is 12.0 Å². The number of urea groups is 1. The molecule has 0 aliphatic heterocycles. The van der Waals surface area contributed by atoms with E-state index in [1.807, 2.05) is 19.9 Å². The lowest BCUT2D eigenvalue weighted by Crippen LogP contribution is -2.39. The van der Waals surface area contributed by atoms with Crippen LogP contribution in [0.5, 0.6) is 0 Å². The normalized spacial score (nSPS) is 11.9. The van der Waals surface area contributed by atoms with E-state index in [0.717, 1.165) is 17.1 Å². The number of amides is 2. The second-order valence-corrected chi connectivity index (χ2v) is 3.81. The van der Waals surface area contributed by atoms with Crippen LogP contribution in [0.3, 0.4) is 0 Å². The maximum Gasteiger partial charge on any atom is 0.323 e. The van der Waals surface area contributed by atoms with Crippen LogP contribution in [0.4, 0.5) is 4.79 Å². The summed E-state index contributed by atoms with van der Waals surface area (Å²) in [6.45, 7) is 5.04. The number of carboxylic acid groups (broad SMARTS) is 1. The predicted molar refractivity (Wildman–Crippen MR) is 60.8 cm³/mol. The first-order chi connectivity index (χ1) is 7.90. The van der Waals surface area contributed by atoms with E-state index in [0.29, 0.717) is 0 Å². The first-order valence-electron chi connectivity index (χ1n) is 5.23. The second-order valence-electron chi connectivity index (χ2n) is 3.81. The van der Waals surface area contributed by atoms with E-state index >= 15 is 0 Å². The van der Waals surface area contributed by atoms with E-state index in [2.05, 4.69) is 10.6 Å². The monoisotopic (exact) mass is 240 g/mol. The lowest BCUT2D eigenvalue weighted by Gasteiger charge is -2.13. The fraction of sp³-hybridized carbons (Fsp3) is 0.455. The summed E-state index contributed by atoms with van der Waals surface area (Å²) in [6.07, 6.45) is 0. The van der Waals surface area contributed by atoms with Gasteiger partial charge >= 0.3 is 12.0 Å². The molecule has 0 aliphatic rings. The van der Waals surface area contributed by atoms with Crippen LogP contribution in [-0.2, 0) is 4.79 Å². The minimum absolute atomic E-state index is 0.235. The molecule has 3 N–H and O–H groups in total. The number of carbonyl (C=O) groups is 2. The Morgan fingerprint density at radius 1 is 1.47 bits per heavy atom. The van der Waals surface area contributed by atoms with Crippen LogP contribution in [0.25, 0.3) is 0 Å². The fourth-order valence-electron chi connectivity index (χ4n) is 1.56. The van der Waals surface area contributed by atoms with Crippen molar-refractivity contribution in [3.63, 3.8) is 0 Å². The van der Waals surface area contributed by atoms with Crippen molar-refractivity contribution in [2.24, 2.45) is 0 Å². The highest BCUT2D eigenvalue weighted by Crippen LogP contribution is 2.20. The van der Waals surface area contributed by atoms with Gasteiger partial charge in [0.15, 0.2) is 0 Å². The first kappa shape index (κ1) is 13.1. The Kier molecular flexibility index (Phi) is 4.14. The average Bonchev–Trinajstić information content (AvgIpc) is 2.55. The zero-order valence-corrected chi connectivity index (χ0v) is 10.0. The lowest BCUT2D eigenvalue weighted by atomic mass is 10.1.